The Labute approximate surface area is 58.6 Å². The van der Waals surface area contributed by atoms with Crippen molar-refractivity contribution in [2.45, 2.75) is 0 Å². The predicted molar refractivity (Wildman–Crippen MR) is 2.06 cm³/mol. The van der Waals surface area contributed by atoms with Gasteiger partial charge in [-0.15, -0.1) is 0 Å². The zero-order chi connectivity index (χ0) is 0. The fourth-order valence-electron chi connectivity index (χ4n) is 0. The average molecular weight is 339 g/mol. The Balaban J connectivity index is 0. The van der Waals surface area contributed by atoms with E-state index >= 15 is 0 Å². The molecule has 0 amide bonds. The molecular formula is MoO3Pt. The van der Waals surface area contributed by atoms with E-state index in [0.29, 0.717) is 0 Å². The second kappa shape index (κ2) is 60.3. The van der Waals surface area contributed by atoms with E-state index in [4.69, 9.17) is 0 Å². The van der Waals surface area contributed by atoms with Crippen LogP contribution in [-0.4, -0.2) is 0 Å². The van der Waals surface area contributed by atoms with Crippen LogP contribution < -0.4 is 0 Å². The van der Waals surface area contributed by atoms with Gasteiger partial charge in [-0.25, -0.2) is 0 Å². The van der Waals surface area contributed by atoms with Gasteiger partial charge in [-0.3, -0.25) is 0 Å². The van der Waals surface area contributed by atoms with E-state index in [2.05, 4.69) is 0 Å². The average Bonchev–Trinajstić information content (AvgIpc) is 0. The van der Waals surface area contributed by atoms with Crippen LogP contribution in [0.2, 0.25) is 0 Å². The van der Waals surface area contributed by atoms with Gasteiger partial charge in [0.2, 0.25) is 0 Å². The summed E-state index contributed by atoms with van der Waals surface area (Å²) in [5.41, 5.74) is 0. The van der Waals surface area contributed by atoms with Crippen LogP contribution in [0, 0.1) is 0 Å². The minimum atomic E-state index is 0. The Hall–Kier alpha value is 1.26. The molecule has 0 spiro atoms. The van der Waals surface area contributed by atoms with E-state index in [1.165, 1.54) is 0 Å². The summed E-state index contributed by atoms with van der Waals surface area (Å²) in [6.45, 7) is 0. The molecule has 0 heterocycles. The summed E-state index contributed by atoms with van der Waals surface area (Å²) >= 11 is 0. The zero-order valence-corrected chi connectivity index (χ0v) is 6.23. The predicted octanol–water partition coefficient (Wildman–Crippen LogP) is -0.361. The summed E-state index contributed by atoms with van der Waals surface area (Å²) in [5.74, 6) is 0. The fourth-order valence-corrected chi connectivity index (χ4v) is 0. The minimum Gasteiger partial charge on any atom is -2.00 e. The third-order valence-corrected chi connectivity index (χ3v) is 0. The Morgan fingerprint density at radius 1 is 0.600 bits per heavy atom. The van der Waals surface area contributed by atoms with Gasteiger partial charge in [0.05, 0.1) is 0 Å². The SMILES string of the molecule is [Mo+6].[O-2].[O-2].[O-2].[Pt]. The molecule has 5 heteroatoms. The van der Waals surface area contributed by atoms with Crippen molar-refractivity contribution in [1.82, 2.24) is 0 Å². The molecule has 0 aromatic carbocycles. The van der Waals surface area contributed by atoms with Crippen LogP contribution >= 0.6 is 0 Å². The van der Waals surface area contributed by atoms with Gasteiger partial charge in [0.25, 0.3) is 0 Å². The van der Waals surface area contributed by atoms with Gasteiger partial charge in [-0.1, -0.05) is 0 Å². The summed E-state index contributed by atoms with van der Waals surface area (Å²) in [4.78, 5) is 0. The van der Waals surface area contributed by atoms with E-state index < -0.39 is 0 Å². The first-order valence-electron chi connectivity index (χ1n) is 0. The van der Waals surface area contributed by atoms with E-state index in [0.717, 1.165) is 0 Å². The topological polar surface area (TPSA) is 85.5 Å². The third-order valence-electron chi connectivity index (χ3n) is 0. The van der Waals surface area contributed by atoms with Crippen molar-refractivity contribution >= 4 is 0 Å². The molecule has 3 nitrogen and oxygen atoms in total. The molecule has 34 valence electrons. The van der Waals surface area contributed by atoms with Crippen molar-refractivity contribution in [3.8, 4) is 0 Å². The number of hydrogen-bond donors (Lipinski definition) is 0. The van der Waals surface area contributed by atoms with Gasteiger partial charge in [0.1, 0.15) is 0 Å². The smallest absolute Gasteiger partial charge is 2.00 e. The Morgan fingerprint density at radius 2 is 0.600 bits per heavy atom. The Kier molecular flexibility index (Phi) is 1320. The molecule has 0 atom stereocenters. The van der Waals surface area contributed by atoms with Crippen LogP contribution in [0.4, 0.5) is 0 Å². The van der Waals surface area contributed by atoms with Crippen LogP contribution in [0.3, 0.4) is 0 Å². The third kappa shape index (κ3) is 35.3. The molecule has 0 aromatic heterocycles. The van der Waals surface area contributed by atoms with Gasteiger partial charge in [-0.2, -0.15) is 0 Å². The second-order valence-corrected chi connectivity index (χ2v) is 0. The monoisotopic (exact) mass is 341 g/mol. The van der Waals surface area contributed by atoms with E-state index in [9.17, 15) is 0 Å². The van der Waals surface area contributed by atoms with Gasteiger partial charge in [0.15, 0.2) is 0 Å². The van der Waals surface area contributed by atoms with Crippen LogP contribution in [-0.2, 0) is 58.6 Å². The molecule has 0 N–H and O–H groups in total. The quantitative estimate of drug-likeness (QED) is 0.540. The van der Waals surface area contributed by atoms with Crippen molar-refractivity contribution < 1.29 is 58.6 Å². The zero-order valence-electron chi connectivity index (χ0n) is 1.95. The van der Waals surface area contributed by atoms with Gasteiger partial charge < -0.3 is 16.4 Å². The van der Waals surface area contributed by atoms with Crippen LogP contribution in [0.5, 0.6) is 0 Å². The standard InChI is InChI=1S/Mo.3O.Pt/q+6;3*-2;. The molecule has 0 unspecified atom stereocenters. The van der Waals surface area contributed by atoms with Crippen molar-refractivity contribution in [2.24, 2.45) is 0 Å². The van der Waals surface area contributed by atoms with Gasteiger partial charge in [0, 0.05) is 21.1 Å². The largest absolute Gasteiger partial charge is 6.00 e. The summed E-state index contributed by atoms with van der Waals surface area (Å²) in [6, 6.07) is 0. The summed E-state index contributed by atoms with van der Waals surface area (Å²) in [7, 11) is 0. The minimum absolute atomic E-state index is 0. The molecule has 0 radical (unpaired) electrons. The second-order valence-electron chi connectivity index (χ2n) is 0. The van der Waals surface area contributed by atoms with Crippen molar-refractivity contribution in [1.29, 1.82) is 0 Å². The maximum Gasteiger partial charge on any atom is 6.00 e. The molecular weight excluding hydrogens is 339 g/mol. The fraction of sp³-hybridized carbons (Fsp3) is 0. The number of rotatable bonds is 0. The van der Waals surface area contributed by atoms with E-state index in [-0.39, 0.29) is 58.6 Å². The van der Waals surface area contributed by atoms with Crippen molar-refractivity contribution in [3.63, 3.8) is 0 Å². The summed E-state index contributed by atoms with van der Waals surface area (Å²) < 4.78 is 0. The molecule has 0 aliphatic rings. The summed E-state index contributed by atoms with van der Waals surface area (Å²) in [6.07, 6.45) is 0. The van der Waals surface area contributed by atoms with Crippen molar-refractivity contribution in [3.05, 3.63) is 0 Å². The Morgan fingerprint density at radius 3 is 0.600 bits per heavy atom. The molecule has 0 fully saturated rings. The van der Waals surface area contributed by atoms with Gasteiger partial charge in [-0.05, 0) is 0 Å². The maximum atomic E-state index is 0. The summed E-state index contributed by atoms with van der Waals surface area (Å²) in [5, 5.41) is 0. The van der Waals surface area contributed by atoms with E-state index in [1.807, 2.05) is 0 Å². The molecule has 0 aliphatic heterocycles. The first-order valence-corrected chi connectivity index (χ1v) is 0. The molecule has 0 aliphatic carbocycles. The van der Waals surface area contributed by atoms with Crippen LogP contribution in [0.25, 0.3) is 0 Å². The molecule has 5 heavy (non-hydrogen) atoms. The molecule has 0 bridgehead atoms. The molecule has 0 aromatic rings. The molecule has 0 rings (SSSR count). The number of hydrogen-bond acceptors (Lipinski definition) is 0. The first-order chi connectivity index (χ1) is 0. The van der Waals surface area contributed by atoms with E-state index in [1.54, 1.807) is 0 Å². The van der Waals surface area contributed by atoms with Gasteiger partial charge >= 0.3 is 21.1 Å². The normalized spacial score (nSPS) is 0. The molecule has 0 saturated carbocycles. The van der Waals surface area contributed by atoms with Crippen LogP contribution in [0.1, 0.15) is 0 Å². The van der Waals surface area contributed by atoms with Crippen LogP contribution in [0.15, 0.2) is 0 Å². The first kappa shape index (κ1) is 109. The van der Waals surface area contributed by atoms with Crippen molar-refractivity contribution in [2.75, 3.05) is 0 Å². The molecule has 0 saturated heterocycles. The maximum absolute atomic E-state index is 0. The Bertz CT molecular complexity index is 6.85.